The quantitative estimate of drug-likeness (QED) is 0.222. The molecule has 0 spiro atoms. The molecule has 1 aliphatic carbocycles. The molecule has 0 aliphatic heterocycles. The molecular formula is C31H18N2O4. The van der Waals surface area contributed by atoms with Crippen molar-refractivity contribution in [3.63, 3.8) is 0 Å². The van der Waals surface area contributed by atoms with E-state index in [4.69, 9.17) is 13.8 Å². The van der Waals surface area contributed by atoms with E-state index in [0.717, 1.165) is 49.9 Å². The molecule has 1 N–H and O–H groups in total. The molecule has 6 nitrogen and oxygen atoms in total. The van der Waals surface area contributed by atoms with Crippen LogP contribution in [-0.4, -0.2) is 6.21 Å². The van der Waals surface area contributed by atoms with Crippen LogP contribution in [0.2, 0.25) is 0 Å². The molecular weight excluding hydrogens is 464 g/mol. The maximum atomic E-state index is 11.6. The first-order valence-electron chi connectivity index (χ1n) is 11.8. The second kappa shape index (κ2) is 8.17. The highest BCUT2D eigenvalue weighted by Gasteiger charge is 2.23. The molecule has 4 aromatic carbocycles. The van der Waals surface area contributed by atoms with E-state index in [-0.39, 0.29) is 11.3 Å². The molecule has 0 atom stereocenters. The Bertz CT molecular complexity index is 2060. The van der Waals surface area contributed by atoms with Crippen LogP contribution in [0.1, 0.15) is 11.1 Å². The zero-order valence-corrected chi connectivity index (χ0v) is 19.4. The fourth-order valence-corrected chi connectivity index (χ4v) is 4.89. The van der Waals surface area contributed by atoms with Crippen molar-refractivity contribution in [1.29, 1.82) is 0 Å². The number of aliphatic imine (C=N–C) groups is 1. The van der Waals surface area contributed by atoms with Gasteiger partial charge >= 0.3 is 11.3 Å². The van der Waals surface area contributed by atoms with Crippen molar-refractivity contribution in [3.05, 3.63) is 129 Å². The summed E-state index contributed by atoms with van der Waals surface area (Å²) in [5.41, 5.74) is 6.03. The molecule has 1 aliphatic rings. The van der Waals surface area contributed by atoms with Crippen LogP contribution in [0.3, 0.4) is 0 Å². The van der Waals surface area contributed by atoms with Crippen molar-refractivity contribution >= 4 is 61.6 Å². The van der Waals surface area contributed by atoms with Crippen LogP contribution in [0.4, 0.5) is 11.4 Å². The zero-order valence-electron chi connectivity index (χ0n) is 19.4. The molecule has 0 radical (unpaired) electrons. The predicted octanol–water partition coefficient (Wildman–Crippen LogP) is 6.75. The van der Waals surface area contributed by atoms with Gasteiger partial charge in [-0.3, -0.25) is 4.99 Å². The van der Waals surface area contributed by atoms with E-state index >= 15 is 0 Å². The normalized spacial score (nSPS) is 12.9. The molecule has 0 unspecified atom stereocenters. The smallest absolute Gasteiger partial charge is 0.336 e. The van der Waals surface area contributed by atoms with Gasteiger partial charge in [-0.25, -0.2) is 9.59 Å². The van der Waals surface area contributed by atoms with Crippen LogP contribution >= 0.6 is 0 Å². The molecule has 0 saturated carbocycles. The number of anilines is 1. The van der Waals surface area contributed by atoms with Crippen LogP contribution in [0.15, 0.2) is 120 Å². The highest BCUT2D eigenvalue weighted by atomic mass is 16.4. The minimum Gasteiger partial charge on any atom is -0.423 e. The van der Waals surface area contributed by atoms with Crippen LogP contribution in [0.5, 0.6) is 0 Å². The molecule has 176 valence electrons. The van der Waals surface area contributed by atoms with Gasteiger partial charge in [0, 0.05) is 45.9 Å². The third-order valence-corrected chi connectivity index (χ3v) is 6.57. The summed E-state index contributed by atoms with van der Waals surface area (Å²) in [6.07, 6.45) is 1.87. The lowest BCUT2D eigenvalue weighted by molar-refractivity contribution is 0.561. The number of nitrogens with one attached hydrogen (secondary N) is 1. The Morgan fingerprint density at radius 3 is 2.08 bits per heavy atom. The van der Waals surface area contributed by atoms with Crippen molar-refractivity contribution in [1.82, 2.24) is 0 Å². The first kappa shape index (κ1) is 21.1. The zero-order chi connectivity index (χ0) is 24.9. The lowest BCUT2D eigenvalue weighted by Crippen LogP contribution is -2.00. The van der Waals surface area contributed by atoms with E-state index in [1.165, 1.54) is 17.5 Å². The van der Waals surface area contributed by atoms with Crippen molar-refractivity contribution < 1.29 is 8.83 Å². The van der Waals surface area contributed by atoms with E-state index in [1.54, 1.807) is 24.3 Å². The van der Waals surface area contributed by atoms with Gasteiger partial charge in [0.1, 0.15) is 11.2 Å². The number of fused-ring (bicyclic) bond motifs is 2. The van der Waals surface area contributed by atoms with Crippen molar-refractivity contribution in [3.8, 4) is 0 Å². The van der Waals surface area contributed by atoms with Gasteiger partial charge in [-0.2, -0.15) is 0 Å². The van der Waals surface area contributed by atoms with E-state index < -0.39 is 0 Å². The van der Waals surface area contributed by atoms with Gasteiger partial charge in [0.15, 0.2) is 0 Å². The lowest BCUT2D eigenvalue weighted by Gasteiger charge is -2.11. The molecule has 6 aromatic rings. The number of allylic oxidation sites excluding steroid dienone is 1. The van der Waals surface area contributed by atoms with E-state index in [2.05, 4.69) is 35.6 Å². The van der Waals surface area contributed by atoms with Gasteiger partial charge in [0.25, 0.3) is 0 Å². The molecule has 0 bridgehead atoms. The third-order valence-electron chi connectivity index (χ3n) is 6.57. The topological polar surface area (TPSA) is 84.8 Å². The lowest BCUT2D eigenvalue weighted by atomic mass is 10.0. The molecule has 0 fully saturated rings. The molecule has 2 heterocycles. The number of hydrogen-bond donors (Lipinski definition) is 1. The number of hydrogen-bond acceptors (Lipinski definition) is 6. The maximum Gasteiger partial charge on any atom is 0.336 e. The Morgan fingerprint density at radius 1 is 0.649 bits per heavy atom. The Hall–Kier alpha value is -5.23. The molecule has 2 aromatic heterocycles. The number of rotatable bonds is 4. The second-order valence-electron chi connectivity index (χ2n) is 8.86. The van der Waals surface area contributed by atoms with Gasteiger partial charge in [0.05, 0.1) is 11.4 Å². The van der Waals surface area contributed by atoms with Gasteiger partial charge in [-0.1, -0.05) is 36.4 Å². The Kier molecular flexibility index (Phi) is 4.66. The summed E-state index contributed by atoms with van der Waals surface area (Å²) >= 11 is 0. The average molecular weight is 482 g/mol. The highest BCUT2D eigenvalue weighted by Crippen LogP contribution is 2.42. The van der Waals surface area contributed by atoms with Crippen molar-refractivity contribution in [2.24, 2.45) is 4.99 Å². The van der Waals surface area contributed by atoms with Crippen molar-refractivity contribution in [2.45, 2.75) is 0 Å². The van der Waals surface area contributed by atoms with Crippen LogP contribution in [-0.2, 0) is 0 Å². The number of benzene rings is 4. The number of nitrogens with zero attached hydrogens (tertiary/aromatic N) is 1. The van der Waals surface area contributed by atoms with Crippen LogP contribution in [0, 0.1) is 0 Å². The van der Waals surface area contributed by atoms with Gasteiger partial charge in [0.2, 0.25) is 0 Å². The monoisotopic (exact) mass is 482 g/mol. The van der Waals surface area contributed by atoms with E-state index in [9.17, 15) is 9.59 Å². The minimum absolute atomic E-state index is 0.372. The summed E-state index contributed by atoms with van der Waals surface area (Å²) in [5, 5.41) is 7.55. The van der Waals surface area contributed by atoms with Crippen LogP contribution in [0.25, 0.3) is 44.0 Å². The Labute approximate surface area is 209 Å². The summed E-state index contributed by atoms with van der Waals surface area (Å²) in [4.78, 5) is 27.9. The van der Waals surface area contributed by atoms with E-state index in [0.29, 0.717) is 11.2 Å². The predicted molar refractivity (Wildman–Crippen MR) is 148 cm³/mol. The summed E-state index contributed by atoms with van der Waals surface area (Å²) in [6.45, 7) is 0. The molecule has 0 amide bonds. The third kappa shape index (κ3) is 3.63. The second-order valence-corrected chi connectivity index (χ2v) is 8.86. The molecule has 0 saturated heterocycles. The fraction of sp³-hybridized carbons (Fsp3) is 0. The summed E-state index contributed by atoms with van der Waals surface area (Å²) in [6, 6.07) is 30.0. The summed E-state index contributed by atoms with van der Waals surface area (Å²) < 4.78 is 10.5. The van der Waals surface area contributed by atoms with Crippen molar-refractivity contribution in [2.75, 3.05) is 5.32 Å². The Balaban J connectivity index is 1.35. The molecule has 7 rings (SSSR count). The fourth-order valence-electron chi connectivity index (χ4n) is 4.89. The Morgan fingerprint density at radius 2 is 1.32 bits per heavy atom. The highest BCUT2D eigenvalue weighted by molar-refractivity contribution is 6.30. The van der Waals surface area contributed by atoms with Gasteiger partial charge in [-0.15, -0.1) is 0 Å². The largest absolute Gasteiger partial charge is 0.423 e. The molecule has 37 heavy (non-hydrogen) atoms. The van der Waals surface area contributed by atoms with Crippen LogP contribution < -0.4 is 16.6 Å². The molecule has 6 heteroatoms. The minimum atomic E-state index is -0.378. The summed E-state index contributed by atoms with van der Waals surface area (Å²) in [7, 11) is 0. The van der Waals surface area contributed by atoms with E-state index in [1.807, 2.05) is 36.5 Å². The van der Waals surface area contributed by atoms with Gasteiger partial charge < -0.3 is 14.2 Å². The summed E-state index contributed by atoms with van der Waals surface area (Å²) in [5.74, 6) is 0. The first-order valence-corrected chi connectivity index (χ1v) is 11.8. The standard InChI is InChI=1S/C31H18N2O4/c34-28-13-7-19-15-21(9-11-26(19)36-28)32-17-25-23-5-1-3-18-4-2-6-24(30(18)23)31(25)33-22-10-12-27-20(16-22)8-14-29(35)37-27/h1-17,33H. The first-order chi connectivity index (χ1) is 18.1. The van der Waals surface area contributed by atoms with Gasteiger partial charge in [-0.05, 0) is 64.9 Å². The SMILES string of the molecule is O=c1ccc2cc(N=CC3=C(Nc4ccc5oc(=O)ccc5c4)c4cccc5cccc3c45)ccc2o1. The maximum absolute atomic E-state index is 11.6. The average Bonchev–Trinajstić information content (AvgIpc) is 3.21.